The summed E-state index contributed by atoms with van der Waals surface area (Å²) < 4.78 is 9.67. The SMILES string of the molecule is CCN(CC)C(=O)Cc1c(C)n(Cc2ccccc2)c2ccc(OCc3nc4ccccc4s3)cc12. The number of amides is 1. The highest BCUT2D eigenvalue weighted by atomic mass is 32.1. The van der Waals surface area contributed by atoms with Crippen LogP contribution < -0.4 is 4.74 Å². The molecule has 0 N–H and O–H groups in total. The van der Waals surface area contributed by atoms with E-state index in [9.17, 15) is 4.79 Å². The summed E-state index contributed by atoms with van der Waals surface area (Å²) in [4.78, 5) is 19.7. The Morgan fingerprint density at radius 2 is 1.75 bits per heavy atom. The molecular weight excluding hydrogens is 466 g/mol. The van der Waals surface area contributed by atoms with Crippen LogP contribution in [-0.2, 0) is 24.4 Å². The van der Waals surface area contributed by atoms with Crippen LogP contribution in [-0.4, -0.2) is 33.4 Å². The number of thiazole rings is 1. The summed E-state index contributed by atoms with van der Waals surface area (Å²) in [5.74, 6) is 0.942. The molecule has 3 aromatic carbocycles. The molecule has 0 unspecified atom stereocenters. The lowest BCUT2D eigenvalue weighted by atomic mass is 10.1. The Hall–Kier alpha value is -3.64. The van der Waals surface area contributed by atoms with Gasteiger partial charge in [0.05, 0.1) is 16.6 Å². The van der Waals surface area contributed by atoms with E-state index < -0.39 is 0 Å². The summed E-state index contributed by atoms with van der Waals surface area (Å²) in [5.41, 5.74) is 5.55. The zero-order valence-corrected chi connectivity index (χ0v) is 21.8. The number of ether oxygens (including phenoxy) is 1. The molecule has 0 atom stereocenters. The van der Waals surface area contributed by atoms with Gasteiger partial charge < -0.3 is 14.2 Å². The van der Waals surface area contributed by atoms with Crippen molar-refractivity contribution >= 4 is 38.4 Å². The quantitative estimate of drug-likeness (QED) is 0.231. The van der Waals surface area contributed by atoms with E-state index in [0.717, 1.165) is 49.7 Å². The van der Waals surface area contributed by atoms with Gasteiger partial charge in [-0.2, -0.15) is 0 Å². The standard InChI is InChI=1S/C30H31N3O2S/c1-4-32(5-2)30(34)18-24-21(3)33(19-22-11-7-6-8-12-22)27-16-15-23(17-25(24)27)35-20-29-31-26-13-9-10-14-28(26)36-29/h6-17H,4-5,18-20H2,1-3H3. The minimum atomic E-state index is 0.155. The van der Waals surface area contributed by atoms with Crippen molar-refractivity contribution in [3.63, 3.8) is 0 Å². The molecule has 36 heavy (non-hydrogen) atoms. The Bertz CT molecular complexity index is 1470. The lowest BCUT2D eigenvalue weighted by Crippen LogP contribution is -2.31. The van der Waals surface area contributed by atoms with Crippen molar-refractivity contribution in [2.75, 3.05) is 13.1 Å². The van der Waals surface area contributed by atoms with Crippen LogP contribution in [0.15, 0.2) is 72.8 Å². The van der Waals surface area contributed by atoms with Crippen LogP contribution >= 0.6 is 11.3 Å². The van der Waals surface area contributed by atoms with Crippen molar-refractivity contribution in [3.8, 4) is 5.75 Å². The third-order valence-electron chi connectivity index (χ3n) is 6.75. The zero-order valence-electron chi connectivity index (χ0n) is 21.0. The van der Waals surface area contributed by atoms with Gasteiger partial charge in [-0.05, 0) is 62.2 Å². The number of rotatable bonds is 9. The number of aromatic nitrogens is 2. The van der Waals surface area contributed by atoms with Gasteiger partial charge in [-0.15, -0.1) is 11.3 Å². The molecule has 0 saturated carbocycles. The number of likely N-dealkylation sites (N-methyl/N-ethyl adjacent to an activating group) is 1. The first-order valence-corrected chi connectivity index (χ1v) is 13.3. The summed E-state index contributed by atoms with van der Waals surface area (Å²) in [6.07, 6.45) is 0.382. The Labute approximate surface area is 216 Å². The second-order valence-electron chi connectivity index (χ2n) is 8.92. The molecule has 0 aliphatic carbocycles. The fraction of sp³-hybridized carbons (Fsp3) is 0.267. The molecule has 0 aliphatic heterocycles. The molecule has 1 amide bonds. The number of fused-ring (bicyclic) bond motifs is 2. The molecule has 0 saturated heterocycles. The van der Waals surface area contributed by atoms with Gasteiger partial charge in [-0.1, -0.05) is 42.5 Å². The van der Waals surface area contributed by atoms with Crippen molar-refractivity contribution in [2.45, 2.75) is 40.3 Å². The van der Waals surface area contributed by atoms with Gasteiger partial charge in [0.15, 0.2) is 0 Å². The first-order valence-electron chi connectivity index (χ1n) is 12.5. The third-order valence-corrected chi connectivity index (χ3v) is 7.76. The summed E-state index contributed by atoms with van der Waals surface area (Å²) in [6.45, 7) is 8.79. The lowest BCUT2D eigenvalue weighted by Gasteiger charge is -2.18. The number of carbonyl (C=O) groups excluding carboxylic acids is 1. The van der Waals surface area contributed by atoms with E-state index in [2.05, 4.69) is 58.9 Å². The molecule has 2 aromatic heterocycles. The zero-order chi connectivity index (χ0) is 25.1. The number of hydrogen-bond acceptors (Lipinski definition) is 4. The Morgan fingerprint density at radius 1 is 1.00 bits per heavy atom. The number of nitrogens with zero attached hydrogens (tertiary/aromatic N) is 3. The van der Waals surface area contributed by atoms with E-state index >= 15 is 0 Å². The van der Waals surface area contributed by atoms with Crippen LogP contribution in [0.2, 0.25) is 0 Å². The average molecular weight is 498 g/mol. The van der Waals surface area contributed by atoms with Crippen LogP contribution in [0.4, 0.5) is 0 Å². The van der Waals surface area contributed by atoms with Crippen molar-refractivity contribution in [2.24, 2.45) is 0 Å². The van der Waals surface area contributed by atoms with Gasteiger partial charge in [0.1, 0.15) is 17.4 Å². The van der Waals surface area contributed by atoms with Gasteiger partial charge in [-0.25, -0.2) is 4.98 Å². The highest BCUT2D eigenvalue weighted by Crippen LogP contribution is 2.32. The number of benzene rings is 3. The second-order valence-corrected chi connectivity index (χ2v) is 10.0. The molecule has 0 aliphatic rings. The highest BCUT2D eigenvalue weighted by Gasteiger charge is 2.20. The van der Waals surface area contributed by atoms with Gasteiger partial charge in [0.2, 0.25) is 5.91 Å². The fourth-order valence-corrected chi connectivity index (χ4v) is 5.66. The molecule has 0 spiro atoms. The largest absolute Gasteiger partial charge is 0.486 e. The first kappa shape index (κ1) is 24.1. The minimum Gasteiger partial charge on any atom is -0.486 e. The van der Waals surface area contributed by atoms with E-state index in [1.807, 2.05) is 49.1 Å². The van der Waals surface area contributed by atoms with Crippen LogP contribution in [0.3, 0.4) is 0 Å². The Balaban J connectivity index is 1.48. The monoisotopic (exact) mass is 497 g/mol. The molecular formula is C30H31N3O2S. The van der Waals surface area contributed by atoms with Crippen molar-refractivity contribution < 1.29 is 9.53 Å². The van der Waals surface area contributed by atoms with E-state index in [4.69, 9.17) is 4.74 Å². The summed E-state index contributed by atoms with van der Waals surface area (Å²) in [7, 11) is 0. The molecule has 0 radical (unpaired) electrons. The maximum absolute atomic E-state index is 13.1. The van der Waals surface area contributed by atoms with Gasteiger partial charge in [0.25, 0.3) is 0 Å². The molecule has 2 heterocycles. The van der Waals surface area contributed by atoms with E-state index in [-0.39, 0.29) is 5.91 Å². The molecule has 5 aromatic rings. The highest BCUT2D eigenvalue weighted by molar-refractivity contribution is 7.18. The predicted molar refractivity (Wildman–Crippen MR) is 148 cm³/mol. The van der Waals surface area contributed by atoms with Gasteiger partial charge in [-0.3, -0.25) is 4.79 Å². The van der Waals surface area contributed by atoms with E-state index in [1.165, 1.54) is 5.56 Å². The normalized spacial score (nSPS) is 11.3. The predicted octanol–water partition coefficient (Wildman–Crippen LogP) is 6.60. The molecule has 5 nitrogen and oxygen atoms in total. The second kappa shape index (κ2) is 10.5. The Kier molecular flexibility index (Phi) is 7.05. The van der Waals surface area contributed by atoms with Gasteiger partial charge in [0, 0.05) is 36.2 Å². The average Bonchev–Trinajstić information content (AvgIpc) is 3.43. The lowest BCUT2D eigenvalue weighted by molar-refractivity contribution is -0.130. The summed E-state index contributed by atoms with van der Waals surface area (Å²) in [5, 5.41) is 2.02. The van der Waals surface area contributed by atoms with Crippen molar-refractivity contribution in [3.05, 3.63) is 94.6 Å². The van der Waals surface area contributed by atoms with Crippen LogP contribution in [0.5, 0.6) is 5.75 Å². The van der Waals surface area contributed by atoms with Crippen LogP contribution in [0.25, 0.3) is 21.1 Å². The molecule has 184 valence electrons. The molecule has 5 rings (SSSR count). The van der Waals surface area contributed by atoms with E-state index in [1.54, 1.807) is 11.3 Å². The number of hydrogen-bond donors (Lipinski definition) is 0. The minimum absolute atomic E-state index is 0.155. The topological polar surface area (TPSA) is 47.4 Å². The maximum Gasteiger partial charge on any atom is 0.227 e. The van der Waals surface area contributed by atoms with Gasteiger partial charge >= 0.3 is 0 Å². The molecule has 0 fully saturated rings. The van der Waals surface area contributed by atoms with Crippen LogP contribution in [0, 0.1) is 6.92 Å². The Morgan fingerprint density at radius 3 is 2.50 bits per heavy atom. The number of para-hydroxylation sites is 1. The number of carbonyl (C=O) groups is 1. The van der Waals surface area contributed by atoms with Crippen LogP contribution in [0.1, 0.15) is 35.7 Å². The van der Waals surface area contributed by atoms with E-state index in [0.29, 0.717) is 26.1 Å². The summed E-state index contributed by atoms with van der Waals surface area (Å²) in [6, 6.07) is 24.8. The molecule has 0 bridgehead atoms. The smallest absolute Gasteiger partial charge is 0.227 e. The summed E-state index contributed by atoms with van der Waals surface area (Å²) >= 11 is 1.66. The molecule has 6 heteroatoms. The van der Waals surface area contributed by atoms with Crippen molar-refractivity contribution in [1.82, 2.24) is 14.5 Å². The maximum atomic E-state index is 13.1. The first-order chi connectivity index (χ1) is 17.6. The van der Waals surface area contributed by atoms with Crippen molar-refractivity contribution in [1.29, 1.82) is 0 Å². The third kappa shape index (κ3) is 4.86. The fourth-order valence-electron chi connectivity index (χ4n) is 4.78.